The zero-order valence-corrected chi connectivity index (χ0v) is 36.3. The van der Waals surface area contributed by atoms with E-state index in [1.165, 1.54) is 125 Å². The lowest BCUT2D eigenvalue weighted by atomic mass is 10.0. The van der Waals surface area contributed by atoms with Crippen molar-refractivity contribution >= 4 is 44.8 Å². The first-order valence-corrected chi connectivity index (χ1v) is 23.0. The van der Waals surface area contributed by atoms with Crippen LogP contribution in [-0.4, -0.2) is 43.8 Å². The predicted molar refractivity (Wildman–Crippen MR) is 235 cm³/mol. The topological polar surface area (TPSA) is 151 Å². The molecule has 324 valence electrons. The number of carbonyl (C=O) groups is 3. The molecule has 1 N–H and O–H groups in total. The van der Waals surface area contributed by atoms with Crippen molar-refractivity contribution in [2.24, 2.45) is 0 Å². The molecule has 61 heavy (non-hydrogen) atoms. The summed E-state index contributed by atoms with van der Waals surface area (Å²) in [5.41, 5.74) is 1.19. The van der Waals surface area contributed by atoms with Crippen LogP contribution in [0.4, 0.5) is 5.69 Å². The molecular weight excluding hydrogens is 816 g/mol. The Balaban J connectivity index is 1.12. The van der Waals surface area contributed by atoms with Crippen LogP contribution >= 0.6 is 11.6 Å². The summed E-state index contributed by atoms with van der Waals surface area (Å²) < 4.78 is 49.2. The molecule has 1 unspecified atom stereocenters. The van der Waals surface area contributed by atoms with Crippen LogP contribution in [0, 0.1) is 0 Å². The van der Waals surface area contributed by atoms with E-state index in [9.17, 15) is 22.8 Å². The van der Waals surface area contributed by atoms with Gasteiger partial charge in [0.15, 0.2) is 12.2 Å². The number of aromatic nitrogens is 1. The molecule has 0 aliphatic rings. The number of nitrogens with zero attached hydrogens (tertiary/aromatic N) is 1. The highest BCUT2D eigenvalue weighted by Gasteiger charge is 2.33. The summed E-state index contributed by atoms with van der Waals surface area (Å²) in [6, 6.07) is 25.2. The highest BCUT2D eigenvalue weighted by Crippen LogP contribution is 2.28. The van der Waals surface area contributed by atoms with Crippen molar-refractivity contribution in [3.05, 3.63) is 132 Å². The zero-order valence-electron chi connectivity index (χ0n) is 34.7. The Kier molecular flexibility index (Phi) is 18.9. The molecule has 5 aromatic rings. The Morgan fingerprint density at radius 2 is 1.30 bits per heavy atom. The summed E-state index contributed by atoms with van der Waals surface area (Å²) in [6.07, 6.45) is 17.5. The molecule has 1 amide bonds. The number of esters is 1. The maximum Gasteiger partial charge on any atom is 0.338 e. The van der Waals surface area contributed by atoms with E-state index in [0.717, 1.165) is 37.4 Å². The number of amides is 1. The number of ether oxygens (including phenoxy) is 3. The van der Waals surface area contributed by atoms with Gasteiger partial charge in [0, 0.05) is 0 Å². The fourth-order valence-electron chi connectivity index (χ4n) is 6.61. The standard InChI is InChI=1S/C48H55ClN2O9S/c1-2-3-4-5-6-7-8-9-10-11-12-13-14-18-31-57-48(54)37-21-30-42(49)43(32-37)51-47(53)46(45(52)44-33-50-35-59-44)60-39-24-28-41(29-25-39)61(55,56)40-26-22-38(23-27-40)58-34-36-19-16-15-17-20-36/h15-17,19-30,32-33,35,46H,2-14,18,31,34H2,1H3,(H,51,53). The average Bonchev–Trinajstić information content (AvgIpc) is 3.83. The smallest absolute Gasteiger partial charge is 0.338 e. The normalized spacial score (nSPS) is 11.8. The fraction of sp³-hybridized carbons (Fsp3) is 0.375. The van der Waals surface area contributed by atoms with Crippen molar-refractivity contribution in [2.45, 2.75) is 119 Å². The maximum atomic E-state index is 13.7. The lowest BCUT2D eigenvalue weighted by Gasteiger charge is -2.18. The average molecular weight is 871 g/mol. The number of halogens is 1. The number of anilines is 1. The summed E-state index contributed by atoms with van der Waals surface area (Å²) in [4.78, 5) is 43.8. The second-order valence-corrected chi connectivity index (χ2v) is 17.2. The molecule has 4 aromatic carbocycles. The minimum atomic E-state index is -3.94. The molecule has 0 radical (unpaired) electrons. The van der Waals surface area contributed by atoms with Gasteiger partial charge < -0.3 is 23.9 Å². The molecule has 0 bridgehead atoms. The number of oxazole rings is 1. The van der Waals surface area contributed by atoms with E-state index in [0.29, 0.717) is 12.4 Å². The number of Topliss-reactive ketones (excluding diaryl/α,β-unsaturated/α-hetero) is 1. The zero-order chi connectivity index (χ0) is 43.3. The van der Waals surface area contributed by atoms with Crippen molar-refractivity contribution in [1.82, 2.24) is 4.98 Å². The molecule has 0 saturated heterocycles. The number of sulfone groups is 1. The van der Waals surface area contributed by atoms with Crippen LogP contribution in [0.15, 0.2) is 124 Å². The van der Waals surface area contributed by atoms with E-state index in [1.807, 2.05) is 30.3 Å². The van der Waals surface area contributed by atoms with Crippen molar-refractivity contribution in [3.8, 4) is 11.5 Å². The molecule has 11 nitrogen and oxygen atoms in total. The number of benzene rings is 4. The van der Waals surface area contributed by atoms with Crippen LogP contribution in [0.3, 0.4) is 0 Å². The Labute approximate surface area is 364 Å². The van der Waals surface area contributed by atoms with Gasteiger partial charge in [-0.25, -0.2) is 18.2 Å². The second kappa shape index (κ2) is 24.7. The number of rotatable bonds is 27. The number of carbonyl (C=O) groups excluding carboxylic acids is 3. The maximum absolute atomic E-state index is 13.7. The van der Waals surface area contributed by atoms with Crippen LogP contribution in [-0.2, 0) is 26.0 Å². The van der Waals surface area contributed by atoms with Gasteiger partial charge in [0.05, 0.1) is 38.9 Å². The lowest BCUT2D eigenvalue weighted by molar-refractivity contribution is -0.121. The molecule has 0 spiro atoms. The van der Waals surface area contributed by atoms with Gasteiger partial charge in [-0.05, 0) is 78.7 Å². The van der Waals surface area contributed by atoms with Gasteiger partial charge in [0.2, 0.25) is 21.7 Å². The first kappa shape index (κ1) is 46.6. The first-order chi connectivity index (χ1) is 29.7. The van der Waals surface area contributed by atoms with Crippen LogP contribution in [0.1, 0.15) is 123 Å². The SMILES string of the molecule is CCCCCCCCCCCCCCCCOC(=O)c1ccc(Cl)c(NC(=O)C(Oc2ccc(S(=O)(=O)c3ccc(OCc4ccccc4)cc3)cc2)C(=O)c2cnco2)c1. The van der Waals surface area contributed by atoms with Gasteiger partial charge in [-0.1, -0.05) is 132 Å². The molecule has 1 atom stereocenters. The highest BCUT2D eigenvalue weighted by atomic mass is 35.5. The van der Waals surface area contributed by atoms with Crippen molar-refractivity contribution in [2.75, 3.05) is 11.9 Å². The van der Waals surface area contributed by atoms with E-state index in [4.69, 9.17) is 30.2 Å². The van der Waals surface area contributed by atoms with E-state index in [-0.39, 0.29) is 44.2 Å². The van der Waals surface area contributed by atoms with E-state index >= 15 is 0 Å². The number of hydrogen-bond donors (Lipinski definition) is 1. The third-order valence-electron chi connectivity index (χ3n) is 10.1. The molecule has 0 aliphatic heterocycles. The molecular formula is C48H55ClN2O9S. The van der Waals surface area contributed by atoms with Gasteiger partial charge in [-0.2, -0.15) is 0 Å². The van der Waals surface area contributed by atoms with Gasteiger partial charge in [0.25, 0.3) is 5.91 Å². The summed E-state index contributed by atoms with van der Waals surface area (Å²) in [5.74, 6) is -2.08. The molecule has 0 aliphatic carbocycles. The van der Waals surface area contributed by atoms with Crippen LogP contribution in [0.25, 0.3) is 0 Å². The van der Waals surface area contributed by atoms with E-state index in [1.54, 1.807) is 12.1 Å². The largest absolute Gasteiger partial charge is 0.489 e. The minimum absolute atomic E-state index is 0.0172. The molecule has 0 fully saturated rings. The Bertz CT molecular complexity index is 2210. The summed E-state index contributed by atoms with van der Waals surface area (Å²) in [5, 5.41) is 2.68. The first-order valence-electron chi connectivity index (χ1n) is 21.1. The lowest BCUT2D eigenvalue weighted by Crippen LogP contribution is -2.40. The second-order valence-electron chi connectivity index (χ2n) is 14.9. The predicted octanol–water partition coefficient (Wildman–Crippen LogP) is 11.6. The number of unbranched alkanes of at least 4 members (excludes halogenated alkanes) is 13. The van der Waals surface area contributed by atoms with E-state index < -0.39 is 33.6 Å². The van der Waals surface area contributed by atoms with Crippen molar-refractivity contribution in [3.63, 3.8) is 0 Å². The van der Waals surface area contributed by atoms with Gasteiger partial charge >= 0.3 is 5.97 Å². The molecule has 1 aromatic heterocycles. The van der Waals surface area contributed by atoms with Crippen LogP contribution in [0.2, 0.25) is 5.02 Å². The van der Waals surface area contributed by atoms with Crippen LogP contribution in [0.5, 0.6) is 11.5 Å². The summed E-state index contributed by atoms with van der Waals surface area (Å²) in [7, 11) is -3.94. The highest BCUT2D eigenvalue weighted by molar-refractivity contribution is 7.91. The fourth-order valence-corrected chi connectivity index (χ4v) is 8.04. The molecule has 0 saturated carbocycles. The minimum Gasteiger partial charge on any atom is -0.489 e. The molecule has 1 heterocycles. The third-order valence-corrected chi connectivity index (χ3v) is 12.2. The Morgan fingerprint density at radius 3 is 1.87 bits per heavy atom. The molecule has 5 rings (SSSR count). The number of hydrogen-bond acceptors (Lipinski definition) is 10. The quantitative estimate of drug-likeness (QED) is 0.0234. The summed E-state index contributed by atoms with van der Waals surface area (Å²) >= 11 is 6.41. The van der Waals surface area contributed by atoms with Crippen LogP contribution < -0.4 is 14.8 Å². The van der Waals surface area contributed by atoms with E-state index in [2.05, 4.69) is 17.2 Å². The van der Waals surface area contributed by atoms with Crippen molar-refractivity contribution < 1.29 is 41.4 Å². The Hall–Kier alpha value is -5.46. The number of ketones is 1. The third kappa shape index (κ3) is 14.9. The van der Waals surface area contributed by atoms with Crippen molar-refractivity contribution in [1.29, 1.82) is 0 Å². The monoisotopic (exact) mass is 870 g/mol. The van der Waals surface area contributed by atoms with Gasteiger partial charge in [-0.3, -0.25) is 9.59 Å². The Morgan fingerprint density at radius 1 is 0.721 bits per heavy atom. The van der Waals surface area contributed by atoms with Gasteiger partial charge in [-0.15, -0.1) is 0 Å². The summed E-state index contributed by atoms with van der Waals surface area (Å²) in [6.45, 7) is 2.84. The number of nitrogens with one attached hydrogen (secondary N) is 1. The van der Waals surface area contributed by atoms with Gasteiger partial charge in [0.1, 0.15) is 18.1 Å². The molecule has 13 heteroatoms.